The van der Waals surface area contributed by atoms with E-state index in [1.807, 2.05) is 18.2 Å². The van der Waals surface area contributed by atoms with E-state index in [1.54, 1.807) is 87.0 Å². The predicted molar refractivity (Wildman–Crippen MR) is 137 cm³/mol. The van der Waals surface area contributed by atoms with Crippen LogP contribution < -0.4 is 20.3 Å². The molecule has 0 unspecified atom stereocenters. The quantitative estimate of drug-likeness (QED) is 0.363. The molecule has 36 heavy (non-hydrogen) atoms. The molecule has 8 heteroatoms. The Morgan fingerprint density at radius 3 is 2.36 bits per heavy atom. The van der Waals surface area contributed by atoms with Crippen molar-refractivity contribution in [3.8, 4) is 23.1 Å². The molecule has 8 nitrogen and oxygen atoms in total. The average molecular weight is 479 g/mol. The van der Waals surface area contributed by atoms with Crippen molar-refractivity contribution >= 4 is 22.5 Å². The molecule has 0 radical (unpaired) electrons. The lowest BCUT2D eigenvalue weighted by Gasteiger charge is -2.13. The molecule has 2 heterocycles. The van der Waals surface area contributed by atoms with Crippen molar-refractivity contribution in [3.05, 3.63) is 113 Å². The summed E-state index contributed by atoms with van der Waals surface area (Å²) in [4.78, 5) is 34.8. The number of rotatable bonds is 6. The Bertz CT molecular complexity index is 1610. The zero-order chi connectivity index (χ0) is 25.1. The van der Waals surface area contributed by atoms with E-state index in [1.165, 1.54) is 4.57 Å². The highest BCUT2D eigenvalue weighted by Crippen LogP contribution is 2.28. The van der Waals surface area contributed by atoms with Gasteiger partial charge in [-0.05, 0) is 79.7 Å². The summed E-state index contributed by atoms with van der Waals surface area (Å²) < 4.78 is 12.6. The van der Waals surface area contributed by atoms with Gasteiger partial charge in [0.2, 0.25) is 5.88 Å². The Balaban J connectivity index is 1.37. The van der Waals surface area contributed by atoms with Crippen LogP contribution in [0.1, 0.15) is 16.2 Å². The molecule has 0 saturated heterocycles. The first kappa shape index (κ1) is 22.8. The molecule has 0 spiro atoms. The summed E-state index contributed by atoms with van der Waals surface area (Å²) >= 11 is 0. The Labute approximate surface area is 206 Å². The summed E-state index contributed by atoms with van der Waals surface area (Å²) in [5.74, 6) is 1.75. The number of pyridine rings is 1. The van der Waals surface area contributed by atoms with E-state index in [-0.39, 0.29) is 17.3 Å². The average Bonchev–Trinajstić information content (AvgIpc) is 2.90. The summed E-state index contributed by atoms with van der Waals surface area (Å²) in [7, 11) is 1.59. The highest BCUT2D eigenvalue weighted by molar-refractivity contribution is 6.05. The van der Waals surface area contributed by atoms with Crippen molar-refractivity contribution in [1.82, 2.24) is 14.5 Å². The third kappa shape index (κ3) is 4.52. The fraction of sp³-hybridized carbons (Fsp3) is 0.0714. The number of hydrogen-bond donors (Lipinski definition) is 1. The Morgan fingerprint density at radius 2 is 1.61 bits per heavy atom. The minimum absolute atomic E-state index is 0.161. The maximum absolute atomic E-state index is 13.0. The lowest BCUT2D eigenvalue weighted by Crippen LogP contribution is -2.22. The molecule has 1 N–H and O–H groups in total. The normalized spacial score (nSPS) is 10.7. The van der Waals surface area contributed by atoms with Gasteiger partial charge in [0.25, 0.3) is 11.5 Å². The van der Waals surface area contributed by atoms with Gasteiger partial charge in [0, 0.05) is 11.8 Å². The van der Waals surface area contributed by atoms with Gasteiger partial charge in [0.05, 0.1) is 23.7 Å². The Morgan fingerprint density at radius 1 is 0.889 bits per heavy atom. The number of methoxy groups -OCH3 is 1. The second kappa shape index (κ2) is 9.71. The summed E-state index contributed by atoms with van der Waals surface area (Å²) in [6.45, 7) is 1.78. The molecule has 5 aromatic rings. The van der Waals surface area contributed by atoms with Crippen molar-refractivity contribution in [3.63, 3.8) is 0 Å². The van der Waals surface area contributed by atoms with E-state index < -0.39 is 0 Å². The summed E-state index contributed by atoms with van der Waals surface area (Å²) in [5.41, 5.74) is 1.95. The molecule has 2 aromatic heterocycles. The van der Waals surface area contributed by atoms with Crippen LogP contribution in [0.15, 0.2) is 95.9 Å². The molecule has 0 aliphatic carbocycles. The third-order valence-electron chi connectivity index (χ3n) is 5.62. The first-order chi connectivity index (χ1) is 17.5. The largest absolute Gasteiger partial charge is 0.497 e. The van der Waals surface area contributed by atoms with E-state index in [2.05, 4.69) is 15.3 Å². The van der Waals surface area contributed by atoms with Crippen molar-refractivity contribution in [1.29, 1.82) is 0 Å². The molecule has 0 atom stereocenters. The monoisotopic (exact) mass is 478 g/mol. The molecule has 0 fully saturated rings. The van der Waals surface area contributed by atoms with Gasteiger partial charge in [-0.25, -0.2) is 9.97 Å². The lowest BCUT2D eigenvalue weighted by atomic mass is 10.1. The van der Waals surface area contributed by atoms with Crippen LogP contribution in [0.4, 0.5) is 5.69 Å². The topological polar surface area (TPSA) is 95.3 Å². The van der Waals surface area contributed by atoms with Crippen LogP contribution >= 0.6 is 0 Å². The lowest BCUT2D eigenvalue weighted by molar-refractivity contribution is 0.102. The first-order valence-corrected chi connectivity index (χ1v) is 11.2. The minimum Gasteiger partial charge on any atom is -0.497 e. The second-order valence-electron chi connectivity index (χ2n) is 7.95. The molecule has 0 saturated carbocycles. The maximum Gasteiger partial charge on any atom is 0.265 e. The van der Waals surface area contributed by atoms with E-state index >= 15 is 0 Å². The standard InChI is InChI=1S/C28H22N4O4/c1-18-30-24-7-4-3-6-23(24)28(34)32(18)20-11-9-19(10-12-20)26(33)31-25-8-5-17-29-27(25)36-22-15-13-21(35-2)14-16-22/h3-17H,1-2H3,(H,31,33). The van der Waals surface area contributed by atoms with Gasteiger partial charge in [0.15, 0.2) is 0 Å². The van der Waals surface area contributed by atoms with Gasteiger partial charge < -0.3 is 14.8 Å². The van der Waals surface area contributed by atoms with Crippen molar-refractivity contribution in [2.45, 2.75) is 6.92 Å². The number of para-hydroxylation sites is 1. The number of anilines is 1. The smallest absolute Gasteiger partial charge is 0.265 e. The number of nitrogens with one attached hydrogen (secondary N) is 1. The number of aryl methyl sites for hydroxylation is 1. The Kier molecular flexibility index (Phi) is 6.15. The van der Waals surface area contributed by atoms with Gasteiger partial charge in [0.1, 0.15) is 23.0 Å². The highest BCUT2D eigenvalue weighted by atomic mass is 16.5. The number of benzene rings is 3. The van der Waals surface area contributed by atoms with Crippen LogP contribution in [0.25, 0.3) is 16.6 Å². The number of nitrogens with zero attached hydrogens (tertiary/aromatic N) is 3. The number of amides is 1. The number of carbonyl (C=O) groups excluding carboxylic acids is 1. The molecule has 0 aliphatic heterocycles. The minimum atomic E-state index is -0.338. The molecule has 3 aromatic carbocycles. The molecular formula is C28H22N4O4. The van der Waals surface area contributed by atoms with Crippen molar-refractivity contribution in [2.24, 2.45) is 0 Å². The number of carbonyl (C=O) groups is 1. The van der Waals surface area contributed by atoms with Crippen LogP contribution in [0.3, 0.4) is 0 Å². The predicted octanol–water partition coefficient (Wildman–Crippen LogP) is 5.14. The fourth-order valence-corrected chi connectivity index (χ4v) is 3.83. The molecule has 0 bridgehead atoms. The zero-order valence-corrected chi connectivity index (χ0v) is 19.6. The molecular weight excluding hydrogens is 456 g/mol. The second-order valence-corrected chi connectivity index (χ2v) is 7.95. The van der Waals surface area contributed by atoms with Crippen LogP contribution in [-0.4, -0.2) is 27.6 Å². The first-order valence-electron chi connectivity index (χ1n) is 11.2. The van der Waals surface area contributed by atoms with Crippen LogP contribution in [0.5, 0.6) is 17.4 Å². The summed E-state index contributed by atoms with van der Waals surface area (Å²) in [6, 6.07) is 24.5. The van der Waals surface area contributed by atoms with Crippen molar-refractivity contribution < 1.29 is 14.3 Å². The van der Waals surface area contributed by atoms with Crippen LogP contribution in [0.2, 0.25) is 0 Å². The number of fused-ring (bicyclic) bond motifs is 1. The number of ether oxygens (including phenoxy) is 2. The SMILES string of the molecule is COc1ccc(Oc2ncccc2NC(=O)c2ccc(-n3c(C)nc4ccccc4c3=O)cc2)cc1. The van der Waals surface area contributed by atoms with E-state index in [0.29, 0.717) is 45.2 Å². The van der Waals surface area contributed by atoms with Gasteiger partial charge in [-0.1, -0.05) is 12.1 Å². The maximum atomic E-state index is 13.0. The number of aromatic nitrogens is 3. The molecule has 0 aliphatic rings. The zero-order valence-electron chi connectivity index (χ0n) is 19.6. The van der Waals surface area contributed by atoms with Gasteiger partial charge in [-0.3, -0.25) is 14.2 Å². The summed E-state index contributed by atoms with van der Waals surface area (Å²) in [5, 5.41) is 3.38. The van der Waals surface area contributed by atoms with Crippen molar-refractivity contribution in [2.75, 3.05) is 12.4 Å². The van der Waals surface area contributed by atoms with Gasteiger partial charge >= 0.3 is 0 Å². The van der Waals surface area contributed by atoms with Gasteiger partial charge in [-0.2, -0.15) is 0 Å². The van der Waals surface area contributed by atoms with Crippen LogP contribution in [-0.2, 0) is 0 Å². The summed E-state index contributed by atoms with van der Waals surface area (Å²) in [6.07, 6.45) is 1.58. The van der Waals surface area contributed by atoms with Gasteiger partial charge in [-0.15, -0.1) is 0 Å². The Hall–Kier alpha value is -4.98. The third-order valence-corrected chi connectivity index (χ3v) is 5.62. The molecule has 178 valence electrons. The molecule has 1 amide bonds. The van der Waals surface area contributed by atoms with Crippen LogP contribution in [0, 0.1) is 6.92 Å². The van der Waals surface area contributed by atoms with E-state index in [0.717, 1.165) is 0 Å². The number of hydrogen-bond acceptors (Lipinski definition) is 6. The molecule has 5 rings (SSSR count). The fourth-order valence-electron chi connectivity index (χ4n) is 3.83. The highest BCUT2D eigenvalue weighted by Gasteiger charge is 2.14. The van der Waals surface area contributed by atoms with E-state index in [4.69, 9.17) is 9.47 Å². The van der Waals surface area contributed by atoms with E-state index in [9.17, 15) is 9.59 Å².